The van der Waals surface area contributed by atoms with Gasteiger partial charge in [-0.25, -0.2) is 24.7 Å². The van der Waals surface area contributed by atoms with E-state index in [9.17, 15) is 4.79 Å². The maximum absolute atomic E-state index is 11.8. The molecule has 5 rings (SSSR count). The number of urea groups is 1. The largest absolute Gasteiger partial charge is 0.397 e. The van der Waals surface area contributed by atoms with Crippen LogP contribution in [0.3, 0.4) is 0 Å². The molecular weight excluding hydrogens is 432 g/mol. The summed E-state index contributed by atoms with van der Waals surface area (Å²) in [6.07, 6.45) is 3.08. The van der Waals surface area contributed by atoms with E-state index in [1.165, 1.54) is 6.33 Å². The van der Waals surface area contributed by atoms with Crippen molar-refractivity contribution in [2.45, 2.75) is 35.1 Å². The number of aryl methyl sites for hydroxylation is 2. The van der Waals surface area contributed by atoms with Gasteiger partial charge in [0.15, 0.2) is 5.82 Å². The minimum atomic E-state index is -0.114. The van der Waals surface area contributed by atoms with Gasteiger partial charge in [-0.05, 0) is 27.7 Å². The lowest BCUT2D eigenvalue weighted by molar-refractivity contribution is 0.257. The van der Waals surface area contributed by atoms with Gasteiger partial charge < -0.3 is 16.4 Å². The van der Waals surface area contributed by atoms with Crippen LogP contribution in [-0.2, 0) is 0 Å². The van der Waals surface area contributed by atoms with Crippen LogP contribution in [0.25, 0.3) is 20.4 Å². The predicted molar refractivity (Wildman–Crippen MR) is 132 cm³/mol. The van der Waals surface area contributed by atoms with Crippen molar-refractivity contribution in [1.82, 2.24) is 19.9 Å². The van der Waals surface area contributed by atoms with Gasteiger partial charge in [0.2, 0.25) is 0 Å². The molecule has 0 bridgehead atoms. The van der Waals surface area contributed by atoms with Crippen molar-refractivity contribution in [2.75, 3.05) is 34.4 Å². The van der Waals surface area contributed by atoms with Crippen LogP contribution in [-0.4, -0.2) is 39.1 Å². The lowest BCUT2D eigenvalue weighted by Crippen LogP contribution is -2.38. The zero-order valence-corrected chi connectivity index (χ0v) is 18.7. The molecule has 2 amide bonds. The van der Waals surface area contributed by atoms with Gasteiger partial charge in [0.1, 0.15) is 28.1 Å². The molecule has 4 aromatic rings. The molecule has 9 nitrogen and oxygen atoms in total. The highest BCUT2D eigenvalue weighted by Gasteiger charge is 2.28. The Hall–Kier alpha value is -3.05. The Morgan fingerprint density at radius 1 is 1.03 bits per heavy atom. The number of hydrogen-bond acceptors (Lipinski definition) is 9. The van der Waals surface area contributed by atoms with E-state index in [2.05, 4.69) is 30.6 Å². The summed E-state index contributed by atoms with van der Waals surface area (Å²) in [4.78, 5) is 34.3. The van der Waals surface area contributed by atoms with E-state index in [0.29, 0.717) is 6.54 Å². The molecule has 31 heavy (non-hydrogen) atoms. The number of carbonyl (C=O) groups is 1. The van der Waals surface area contributed by atoms with Crippen LogP contribution in [0, 0.1) is 13.8 Å². The van der Waals surface area contributed by atoms with Crippen molar-refractivity contribution in [2.24, 2.45) is 0 Å². The van der Waals surface area contributed by atoms with Crippen LogP contribution in [0.15, 0.2) is 12.7 Å². The molecule has 0 aliphatic carbocycles. The van der Waals surface area contributed by atoms with E-state index in [4.69, 9.17) is 5.73 Å². The molecule has 0 atom stereocenters. The second-order valence-electron chi connectivity index (χ2n) is 6.59. The van der Waals surface area contributed by atoms with E-state index in [1.54, 1.807) is 33.9 Å². The average Bonchev–Trinajstić information content (AvgIpc) is 3.20. The van der Waals surface area contributed by atoms with E-state index >= 15 is 0 Å². The fraction of sp³-hybridized carbons (Fsp3) is 0.350. The summed E-state index contributed by atoms with van der Waals surface area (Å²) in [7, 11) is 0. The number of nitrogen functional groups attached to an aromatic ring is 1. The Kier molecular flexibility index (Phi) is 6.56. The van der Waals surface area contributed by atoms with Gasteiger partial charge in [-0.1, -0.05) is 7.43 Å². The third-order valence-corrected chi connectivity index (χ3v) is 6.79. The number of nitrogens with two attached hydrogens (primary N) is 1. The second kappa shape index (κ2) is 8.98. The molecular formula is C20H26N8OS2. The molecule has 0 unspecified atom stereocenters. The standard InChI is InChI=1S/C10H10N4OS.C9H12N4S.CH4/c1-3-14-8-6-7(13-10(14)15)5(2)16-9(6)12-4-11-8;1-3-11-8-6-7(10)5(2)14-9(6)13-4-12-8;/h4H,3H2,1-2H3,(H,13,15);4H,3,10H2,1-2H3,(H,11,12,13);1H4. The minimum absolute atomic E-state index is 0. The summed E-state index contributed by atoms with van der Waals surface area (Å²) >= 11 is 3.18. The molecule has 5 heterocycles. The summed E-state index contributed by atoms with van der Waals surface area (Å²) in [6, 6.07) is -0.114. The molecule has 0 fully saturated rings. The molecule has 11 heteroatoms. The molecule has 0 radical (unpaired) electrons. The Morgan fingerprint density at radius 2 is 1.68 bits per heavy atom. The molecule has 4 N–H and O–H groups in total. The zero-order chi connectivity index (χ0) is 21.4. The fourth-order valence-corrected chi connectivity index (χ4v) is 5.17. The van der Waals surface area contributed by atoms with Crippen LogP contribution < -0.4 is 21.3 Å². The summed E-state index contributed by atoms with van der Waals surface area (Å²) in [6.45, 7) is 9.37. The number of nitrogens with zero attached hydrogens (tertiary/aromatic N) is 5. The maximum atomic E-state index is 11.8. The van der Waals surface area contributed by atoms with Gasteiger partial charge in [-0.15, -0.1) is 22.7 Å². The first kappa shape index (κ1) is 22.6. The quantitative estimate of drug-likeness (QED) is 0.394. The monoisotopic (exact) mass is 458 g/mol. The van der Waals surface area contributed by atoms with Crippen molar-refractivity contribution in [3.63, 3.8) is 0 Å². The van der Waals surface area contributed by atoms with Gasteiger partial charge in [0.05, 0.1) is 22.1 Å². The average molecular weight is 459 g/mol. The second-order valence-corrected chi connectivity index (χ2v) is 9.00. The first-order valence-corrected chi connectivity index (χ1v) is 11.2. The number of anilines is 4. The van der Waals surface area contributed by atoms with Gasteiger partial charge >= 0.3 is 6.03 Å². The Bertz CT molecular complexity index is 1250. The molecule has 0 spiro atoms. The zero-order valence-electron chi connectivity index (χ0n) is 17.1. The first-order valence-electron chi connectivity index (χ1n) is 9.52. The molecule has 0 saturated heterocycles. The lowest BCUT2D eigenvalue weighted by Gasteiger charge is -2.25. The van der Waals surface area contributed by atoms with Gasteiger partial charge in [0, 0.05) is 22.8 Å². The smallest absolute Gasteiger partial charge is 0.327 e. The van der Waals surface area contributed by atoms with Gasteiger partial charge in [0.25, 0.3) is 0 Å². The van der Waals surface area contributed by atoms with Crippen molar-refractivity contribution in [3.8, 4) is 0 Å². The number of rotatable bonds is 3. The summed E-state index contributed by atoms with van der Waals surface area (Å²) in [5, 5.41) is 7.99. The number of thiophene rings is 2. The summed E-state index contributed by atoms with van der Waals surface area (Å²) < 4.78 is 0. The van der Waals surface area contributed by atoms with Crippen molar-refractivity contribution in [3.05, 3.63) is 22.4 Å². The van der Waals surface area contributed by atoms with E-state index in [1.807, 2.05) is 27.7 Å². The minimum Gasteiger partial charge on any atom is -0.397 e. The number of hydrogen-bond donors (Lipinski definition) is 3. The molecule has 4 aromatic heterocycles. The SMILES string of the molecule is C.CCN1C(=O)Nc2c(C)sc3ncnc1c23.CCNc1ncnc2sc(C)c(N)c12. The first-order chi connectivity index (χ1) is 14.5. The summed E-state index contributed by atoms with van der Waals surface area (Å²) in [5.74, 6) is 1.55. The van der Waals surface area contributed by atoms with Crippen LogP contribution in [0.2, 0.25) is 0 Å². The van der Waals surface area contributed by atoms with Crippen molar-refractivity contribution < 1.29 is 4.79 Å². The van der Waals surface area contributed by atoms with Crippen LogP contribution in [0.4, 0.5) is 27.8 Å². The number of amides is 2. The molecule has 1 aliphatic heterocycles. The predicted octanol–water partition coefficient (Wildman–Crippen LogP) is 5.02. The number of carbonyl (C=O) groups excluding carboxylic acids is 1. The Morgan fingerprint density at radius 3 is 2.35 bits per heavy atom. The highest BCUT2D eigenvalue weighted by Crippen LogP contribution is 2.41. The number of fused-ring (bicyclic) bond motifs is 1. The fourth-order valence-electron chi connectivity index (χ4n) is 3.32. The van der Waals surface area contributed by atoms with Crippen LogP contribution >= 0.6 is 22.7 Å². The van der Waals surface area contributed by atoms with Gasteiger partial charge in [-0.3, -0.25) is 4.90 Å². The normalized spacial score (nSPS) is 12.3. The van der Waals surface area contributed by atoms with E-state index < -0.39 is 0 Å². The van der Waals surface area contributed by atoms with Crippen LogP contribution in [0.5, 0.6) is 0 Å². The Balaban J connectivity index is 0.000000172. The van der Waals surface area contributed by atoms with Crippen molar-refractivity contribution >= 4 is 72.1 Å². The highest BCUT2D eigenvalue weighted by molar-refractivity contribution is 7.19. The molecule has 1 aliphatic rings. The lowest BCUT2D eigenvalue weighted by atomic mass is 10.2. The Labute approximate surface area is 188 Å². The van der Waals surface area contributed by atoms with Crippen LogP contribution in [0.1, 0.15) is 31.0 Å². The highest BCUT2D eigenvalue weighted by atomic mass is 32.1. The topological polar surface area (TPSA) is 122 Å². The van der Waals surface area contributed by atoms with E-state index in [-0.39, 0.29) is 13.5 Å². The number of aromatic nitrogens is 4. The molecule has 0 saturated carbocycles. The van der Waals surface area contributed by atoms with Gasteiger partial charge in [-0.2, -0.15) is 0 Å². The third kappa shape index (κ3) is 3.86. The number of nitrogens with one attached hydrogen (secondary N) is 2. The van der Waals surface area contributed by atoms with Crippen molar-refractivity contribution in [1.29, 1.82) is 0 Å². The third-order valence-electron chi connectivity index (χ3n) is 4.75. The van der Waals surface area contributed by atoms with E-state index in [0.717, 1.165) is 59.7 Å². The maximum Gasteiger partial charge on any atom is 0.327 e. The summed E-state index contributed by atoms with van der Waals surface area (Å²) in [5.41, 5.74) is 7.62. The molecule has 0 aromatic carbocycles. The molecule has 164 valence electrons.